The maximum absolute atomic E-state index is 12.7. The van der Waals surface area contributed by atoms with Gasteiger partial charge in [0.2, 0.25) is 0 Å². The van der Waals surface area contributed by atoms with Crippen molar-refractivity contribution in [2.45, 2.75) is 17.6 Å². The van der Waals surface area contributed by atoms with E-state index < -0.39 is 10.8 Å². The summed E-state index contributed by atoms with van der Waals surface area (Å²) in [5.41, 5.74) is 8.75. The molecular weight excluding hydrogens is 278 g/mol. The molecule has 3 heteroatoms. The first-order valence-corrected chi connectivity index (χ1v) is 8.19. The highest BCUT2D eigenvalue weighted by atomic mass is 32.2. The van der Waals surface area contributed by atoms with Crippen molar-refractivity contribution in [1.82, 2.24) is 0 Å². The summed E-state index contributed by atoms with van der Waals surface area (Å²) in [5.74, 6) is 0.481. The molecule has 21 heavy (non-hydrogen) atoms. The molecule has 0 amide bonds. The van der Waals surface area contributed by atoms with Gasteiger partial charge in [0.25, 0.3) is 0 Å². The van der Waals surface area contributed by atoms with Gasteiger partial charge in [-0.3, -0.25) is 4.21 Å². The van der Waals surface area contributed by atoms with Gasteiger partial charge in [-0.25, -0.2) is 0 Å². The second-order valence-corrected chi connectivity index (χ2v) is 6.53. The molecule has 1 unspecified atom stereocenters. The van der Waals surface area contributed by atoms with Crippen LogP contribution in [0.25, 0.3) is 10.8 Å². The number of para-hydroxylation sites is 1. The molecule has 0 saturated carbocycles. The lowest BCUT2D eigenvalue weighted by molar-refractivity contribution is 0.683. The minimum Gasteiger partial charge on any atom is -0.398 e. The van der Waals surface area contributed by atoms with Crippen LogP contribution >= 0.6 is 0 Å². The van der Waals surface area contributed by atoms with Crippen molar-refractivity contribution in [3.63, 3.8) is 0 Å². The molecule has 0 heterocycles. The van der Waals surface area contributed by atoms with Gasteiger partial charge in [-0.15, -0.1) is 0 Å². The summed E-state index contributed by atoms with van der Waals surface area (Å²) in [6.45, 7) is 1.94. The monoisotopic (exact) mass is 295 g/mol. The predicted molar refractivity (Wildman–Crippen MR) is 89.7 cm³/mol. The van der Waals surface area contributed by atoms with E-state index in [1.54, 1.807) is 0 Å². The summed E-state index contributed by atoms with van der Waals surface area (Å²) >= 11 is 0. The smallest absolute Gasteiger partial charge is 0.0623 e. The summed E-state index contributed by atoms with van der Waals surface area (Å²) in [6.07, 6.45) is 0. The van der Waals surface area contributed by atoms with Gasteiger partial charge in [0.15, 0.2) is 0 Å². The number of nitrogens with two attached hydrogens (primary N) is 1. The zero-order chi connectivity index (χ0) is 14.8. The number of rotatable bonds is 3. The van der Waals surface area contributed by atoms with Crippen LogP contribution in [0.3, 0.4) is 0 Å². The molecule has 0 bridgehead atoms. The van der Waals surface area contributed by atoms with Crippen LogP contribution in [0.15, 0.2) is 65.6 Å². The molecule has 0 radical (unpaired) electrons. The van der Waals surface area contributed by atoms with Crippen molar-refractivity contribution < 1.29 is 4.21 Å². The molecule has 0 aliphatic rings. The molecule has 106 valence electrons. The fraction of sp³-hybridized carbons (Fsp3) is 0.111. The number of hydrogen-bond donors (Lipinski definition) is 1. The van der Waals surface area contributed by atoms with E-state index in [1.807, 2.05) is 49.4 Å². The minimum atomic E-state index is -1.14. The quantitative estimate of drug-likeness (QED) is 0.741. The van der Waals surface area contributed by atoms with Gasteiger partial charge in [-0.05, 0) is 34.9 Å². The summed E-state index contributed by atoms with van der Waals surface area (Å²) in [4.78, 5) is 0.725. The lowest BCUT2D eigenvalue weighted by Gasteiger charge is -2.10. The Bertz CT molecular complexity index is 821. The van der Waals surface area contributed by atoms with E-state index in [-0.39, 0.29) is 0 Å². The first-order chi connectivity index (χ1) is 10.2. The van der Waals surface area contributed by atoms with Gasteiger partial charge in [-0.1, -0.05) is 54.6 Å². The Labute approximate surface area is 127 Å². The van der Waals surface area contributed by atoms with Crippen molar-refractivity contribution in [2.75, 3.05) is 5.73 Å². The molecule has 0 aromatic heterocycles. The van der Waals surface area contributed by atoms with E-state index >= 15 is 0 Å². The zero-order valence-corrected chi connectivity index (χ0v) is 12.7. The molecule has 2 nitrogen and oxygen atoms in total. The van der Waals surface area contributed by atoms with Gasteiger partial charge in [0.05, 0.1) is 27.1 Å². The normalized spacial score (nSPS) is 12.4. The number of fused-ring (bicyclic) bond motifs is 1. The average Bonchev–Trinajstić information content (AvgIpc) is 2.50. The van der Waals surface area contributed by atoms with E-state index in [0.29, 0.717) is 11.4 Å². The Kier molecular flexibility index (Phi) is 3.76. The number of anilines is 1. The van der Waals surface area contributed by atoms with Crippen molar-refractivity contribution in [1.29, 1.82) is 0 Å². The molecule has 0 aliphatic carbocycles. The van der Waals surface area contributed by atoms with Gasteiger partial charge >= 0.3 is 0 Å². The van der Waals surface area contributed by atoms with E-state index in [1.165, 1.54) is 5.39 Å². The van der Waals surface area contributed by atoms with E-state index in [2.05, 4.69) is 18.2 Å². The molecule has 0 saturated heterocycles. The summed E-state index contributed by atoms with van der Waals surface area (Å²) in [6, 6.07) is 20.0. The van der Waals surface area contributed by atoms with Crippen molar-refractivity contribution >= 4 is 27.3 Å². The number of benzene rings is 3. The van der Waals surface area contributed by atoms with E-state index in [9.17, 15) is 4.21 Å². The van der Waals surface area contributed by atoms with Gasteiger partial charge in [-0.2, -0.15) is 0 Å². The highest BCUT2D eigenvalue weighted by molar-refractivity contribution is 7.84. The second kappa shape index (κ2) is 5.70. The van der Waals surface area contributed by atoms with Crippen molar-refractivity contribution in [2.24, 2.45) is 0 Å². The SMILES string of the molecule is Cc1cccc(S(=O)Cc2cccc3ccccc23)c1N. The van der Waals surface area contributed by atoms with Crippen molar-refractivity contribution in [3.05, 3.63) is 71.8 Å². The number of nitrogen functional groups attached to an aromatic ring is 1. The predicted octanol–water partition coefficient (Wildman–Crippen LogP) is 4.04. The summed E-state index contributed by atoms with van der Waals surface area (Å²) in [5, 5.41) is 2.32. The lowest BCUT2D eigenvalue weighted by atomic mass is 10.1. The first kappa shape index (κ1) is 13.8. The molecular formula is C18H17NOS. The Balaban J connectivity index is 1.99. The van der Waals surface area contributed by atoms with Crippen molar-refractivity contribution in [3.8, 4) is 0 Å². The highest BCUT2D eigenvalue weighted by Crippen LogP contribution is 2.25. The topological polar surface area (TPSA) is 43.1 Å². The Morgan fingerprint density at radius 1 is 0.952 bits per heavy atom. The Morgan fingerprint density at radius 3 is 2.52 bits per heavy atom. The molecule has 3 aromatic rings. The summed E-state index contributed by atoms with van der Waals surface area (Å²) < 4.78 is 12.7. The Morgan fingerprint density at radius 2 is 1.67 bits per heavy atom. The molecule has 3 rings (SSSR count). The molecule has 0 fully saturated rings. The third-order valence-electron chi connectivity index (χ3n) is 3.70. The fourth-order valence-corrected chi connectivity index (χ4v) is 3.82. The van der Waals surface area contributed by atoms with Crippen LogP contribution in [0, 0.1) is 6.92 Å². The summed E-state index contributed by atoms with van der Waals surface area (Å²) in [7, 11) is -1.14. The average molecular weight is 295 g/mol. The van der Waals surface area contributed by atoms with Crippen LogP contribution in [0.2, 0.25) is 0 Å². The second-order valence-electron chi connectivity index (χ2n) is 5.11. The molecule has 3 aromatic carbocycles. The fourth-order valence-electron chi connectivity index (χ4n) is 2.49. The largest absolute Gasteiger partial charge is 0.398 e. The molecule has 2 N–H and O–H groups in total. The number of aryl methyl sites for hydroxylation is 1. The van der Waals surface area contributed by atoms with E-state index in [0.717, 1.165) is 21.4 Å². The Hall–Kier alpha value is -2.13. The maximum Gasteiger partial charge on any atom is 0.0623 e. The highest BCUT2D eigenvalue weighted by Gasteiger charge is 2.11. The third kappa shape index (κ3) is 2.69. The molecule has 1 atom stereocenters. The minimum absolute atomic E-state index is 0.481. The third-order valence-corrected chi connectivity index (χ3v) is 5.12. The van der Waals surface area contributed by atoms with Crippen LogP contribution in [-0.4, -0.2) is 4.21 Å². The first-order valence-electron chi connectivity index (χ1n) is 6.87. The molecule has 0 aliphatic heterocycles. The standard InChI is InChI=1S/C18H17NOS/c1-13-6-4-11-17(18(13)19)21(20)12-15-9-5-8-14-7-2-3-10-16(14)15/h2-11H,12,19H2,1H3. The molecule has 0 spiro atoms. The van der Waals surface area contributed by atoms with Gasteiger partial charge in [0, 0.05) is 0 Å². The maximum atomic E-state index is 12.7. The van der Waals surface area contributed by atoms with E-state index in [4.69, 9.17) is 5.73 Å². The van der Waals surface area contributed by atoms with Crippen LogP contribution in [0.5, 0.6) is 0 Å². The van der Waals surface area contributed by atoms with Crippen LogP contribution < -0.4 is 5.73 Å². The van der Waals surface area contributed by atoms with Crippen LogP contribution in [-0.2, 0) is 16.6 Å². The van der Waals surface area contributed by atoms with Crippen LogP contribution in [0.4, 0.5) is 5.69 Å². The lowest BCUT2D eigenvalue weighted by Crippen LogP contribution is -2.02. The zero-order valence-electron chi connectivity index (χ0n) is 11.9. The van der Waals surface area contributed by atoms with Crippen LogP contribution in [0.1, 0.15) is 11.1 Å². The number of hydrogen-bond acceptors (Lipinski definition) is 2. The van der Waals surface area contributed by atoms with Gasteiger partial charge < -0.3 is 5.73 Å². The van der Waals surface area contributed by atoms with Gasteiger partial charge in [0.1, 0.15) is 0 Å².